The molecule has 26 heavy (non-hydrogen) atoms. The molecule has 0 aliphatic heterocycles. The Morgan fingerprint density at radius 2 is 1.85 bits per heavy atom. The Balaban J connectivity index is 1.66. The van der Waals surface area contributed by atoms with Crippen molar-refractivity contribution in [1.29, 1.82) is 0 Å². The first-order valence-corrected chi connectivity index (χ1v) is 8.90. The van der Waals surface area contributed by atoms with Gasteiger partial charge in [0.2, 0.25) is 11.8 Å². The molecule has 0 spiro atoms. The van der Waals surface area contributed by atoms with E-state index >= 15 is 0 Å². The van der Waals surface area contributed by atoms with E-state index < -0.39 is 0 Å². The van der Waals surface area contributed by atoms with Crippen LogP contribution in [-0.4, -0.2) is 37.1 Å². The number of aryl methyl sites for hydroxylation is 2. The second kappa shape index (κ2) is 7.52. The minimum Gasteiger partial charge on any atom is -0.326 e. The van der Waals surface area contributed by atoms with Gasteiger partial charge in [0.05, 0.1) is 5.75 Å². The van der Waals surface area contributed by atoms with Crippen LogP contribution in [0.15, 0.2) is 35.5 Å². The molecular formula is C17H18N6O2S. The maximum Gasteiger partial charge on any atom is 0.256 e. The summed E-state index contributed by atoms with van der Waals surface area (Å²) in [7, 11) is 0. The SMILES string of the molecule is CC(=O)Nc1cccc(NC(=O)CSc2nnc3nc(C)cc(C)n23)c1. The first kappa shape index (κ1) is 17.9. The quantitative estimate of drug-likeness (QED) is 0.669. The van der Waals surface area contributed by atoms with Crippen LogP contribution < -0.4 is 10.6 Å². The third kappa shape index (κ3) is 4.17. The van der Waals surface area contributed by atoms with Crippen LogP contribution in [-0.2, 0) is 9.59 Å². The maximum atomic E-state index is 12.2. The van der Waals surface area contributed by atoms with Crippen molar-refractivity contribution in [2.45, 2.75) is 25.9 Å². The fourth-order valence-electron chi connectivity index (χ4n) is 2.50. The fraction of sp³-hybridized carbons (Fsp3) is 0.235. The summed E-state index contributed by atoms with van der Waals surface area (Å²) in [5, 5.41) is 14.3. The van der Waals surface area contributed by atoms with E-state index in [1.165, 1.54) is 18.7 Å². The second-order valence-corrected chi connectivity index (χ2v) is 6.70. The van der Waals surface area contributed by atoms with E-state index in [0.29, 0.717) is 22.3 Å². The van der Waals surface area contributed by atoms with Crippen molar-refractivity contribution in [3.05, 3.63) is 41.7 Å². The van der Waals surface area contributed by atoms with E-state index in [1.807, 2.05) is 24.3 Å². The van der Waals surface area contributed by atoms with Crippen LogP contribution in [0.5, 0.6) is 0 Å². The molecule has 134 valence electrons. The largest absolute Gasteiger partial charge is 0.326 e. The number of carbonyl (C=O) groups excluding carboxylic acids is 2. The van der Waals surface area contributed by atoms with Crippen LogP contribution in [0.4, 0.5) is 11.4 Å². The highest BCUT2D eigenvalue weighted by Gasteiger charge is 2.12. The Hall–Kier alpha value is -2.94. The molecule has 0 atom stereocenters. The summed E-state index contributed by atoms with van der Waals surface area (Å²) in [5.74, 6) is 0.359. The first-order chi connectivity index (χ1) is 12.4. The molecule has 3 rings (SSSR count). The van der Waals surface area contributed by atoms with Gasteiger partial charge in [0, 0.05) is 29.7 Å². The minimum atomic E-state index is -0.176. The Bertz CT molecular complexity index is 985. The summed E-state index contributed by atoms with van der Waals surface area (Å²) >= 11 is 1.29. The fourth-order valence-corrected chi connectivity index (χ4v) is 3.28. The van der Waals surface area contributed by atoms with E-state index in [9.17, 15) is 9.59 Å². The lowest BCUT2D eigenvalue weighted by Crippen LogP contribution is -2.15. The standard InChI is InChI=1S/C17H18N6O2S/c1-10-7-11(2)23-16(18-10)21-22-17(23)26-9-15(25)20-14-6-4-5-13(8-14)19-12(3)24/h4-8H,9H2,1-3H3,(H,19,24)(H,20,25). The topological polar surface area (TPSA) is 101 Å². The van der Waals surface area contributed by atoms with Crippen LogP contribution in [0, 0.1) is 13.8 Å². The molecule has 0 unspecified atom stereocenters. The zero-order chi connectivity index (χ0) is 18.7. The van der Waals surface area contributed by atoms with Crippen molar-refractivity contribution >= 4 is 40.7 Å². The van der Waals surface area contributed by atoms with Gasteiger partial charge in [0.1, 0.15) is 0 Å². The molecule has 0 radical (unpaired) electrons. The Labute approximate surface area is 154 Å². The molecule has 0 aliphatic rings. The van der Waals surface area contributed by atoms with Crippen molar-refractivity contribution in [2.75, 3.05) is 16.4 Å². The highest BCUT2D eigenvalue weighted by atomic mass is 32.2. The van der Waals surface area contributed by atoms with E-state index in [0.717, 1.165) is 11.4 Å². The van der Waals surface area contributed by atoms with E-state index in [-0.39, 0.29) is 17.6 Å². The lowest BCUT2D eigenvalue weighted by molar-refractivity contribution is -0.114. The van der Waals surface area contributed by atoms with Gasteiger partial charge in [-0.05, 0) is 38.1 Å². The Morgan fingerprint density at radius 1 is 1.12 bits per heavy atom. The number of amides is 2. The Morgan fingerprint density at radius 3 is 2.58 bits per heavy atom. The Kier molecular flexibility index (Phi) is 5.17. The molecule has 8 nitrogen and oxygen atoms in total. The van der Waals surface area contributed by atoms with Crippen LogP contribution in [0.3, 0.4) is 0 Å². The summed E-state index contributed by atoms with van der Waals surface area (Å²) in [4.78, 5) is 27.7. The van der Waals surface area contributed by atoms with Gasteiger partial charge in [0.25, 0.3) is 5.78 Å². The van der Waals surface area contributed by atoms with Gasteiger partial charge in [-0.2, -0.15) is 0 Å². The number of aromatic nitrogens is 4. The van der Waals surface area contributed by atoms with Gasteiger partial charge in [-0.3, -0.25) is 14.0 Å². The third-order valence-electron chi connectivity index (χ3n) is 3.46. The zero-order valence-electron chi connectivity index (χ0n) is 14.6. The summed E-state index contributed by atoms with van der Waals surface area (Å²) in [6.07, 6.45) is 0. The van der Waals surface area contributed by atoms with Crippen LogP contribution in [0.2, 0.25) is 0 Å². The van der Waals surface area contributed by atoms with Gasteiger partial charge >= 0.3 is 0 Å². The average Bonchev–Trinajstić information content (AvgIpc) is 2.95. The summed E-state index contributed by atoms with van der Waals surface area (Å²) in [5.41, 5.74) is 3.07. The third-order valence-corrected chi connectivity index (χ3v) is 4.39. The van der Waals surface area contributed by atoms with Gasteiger partial charge in [-0.1, -0.05) is 17.8 Å². The van der Waals surface area contributed by atoms with Crippen LogP contribution in [0.1, 0.15) is 18.3 Å². The van der Waals surface area contributed by atoms with Crippen molar-refractivity contribution in [3.63, 3.8) is 0 Å². The van der Waals surface area contributed by atoms with Crippen molar-refractivity contribution < 1.29 is 9.59 Å². The number of fused-ring (bicyclic) bond motifs is 1. The number of nitrogens with one attached hydrogen (secondary N) is 2. The molecule has 9 heteroatoms. The number of hydrogen-bond donors (Lipinski definition) is 2. The van der Waals surface area contributed by atoms with Crippen molar-refractivity contribution in [3.8, 4) is 0 Å². The molecule has 2 heterocycles. The molecular weight excluding hydrogens is 352 g/mol. The second-order valence-electron chi connectivity index (χ2n) is 5.76. The molecule has 0 fully saturated rings. The van der Waals surface area contributed by atoms with Crippen molar-refractivity contribution in [1.82, 2.24) is 19.6 Å². The zero-order valence-corrected chi connectivity index (χ0v) is 15.4. The number of carbonyl (C=O) groups is 2. The number of rotatable bonds is 5. The van der Waals surface area contributed by atoms with Crippen LogP contribution in [0.25, 0.3) is 5.78 Å². The van der Waals surface area contributed by atoms with Gasteiger partial charge in [-0.15, -0.1) is 10.2 Å². The summed E-state index contributed by atoms with van der Waals surface area (Å²) < 4.78 is 1.82. The molecule has 2 aromatic heterocycles. The van der Waals surface area contributed by atoms with E-state index in [1.54, 1.807) is 24.3 Å². The molecule has 1 aromatic carbocycles. The molecule has 0 bridgehead atoms. The lowest BCUT2D eigenvalue weighted by Gasteiger charge is -2.08. The minimum absolute atomic E-state index is 0.165. The van der Waals surface area contributed by atoms with E-state index in [4.69, 9.17) is 0 Å². The molecule has 2 amide bonds. The number of hydrogen-bond acceptors (Lipinski definition) is 6. The number of thioether (sulfide) groups is 1. The number of anilines is 2. The molecule has 2 N–H and O–H groups in total. The summed E-state index contributed by atoms with van der Waals surface area (Å²) in [6.45, 7) is 5.28. The van der Waals surface area contributed by atoms with Crippen molar-refractivity contribution in [2.24, 2.45) is 0 Å². The highest BCUT2D eigenvalue weighted by molar-refractivity contribution is 7.99. The molecule has 0 saturated carbocycles. The monoisotopic (exact) mass is 370 g/mol. The molecule has 0 saturated heterocycles. The normalized spacial score (nSPS) is 10.7. The van der Waals surface area contributed by atoms with Gasteiger partial charge < -0.3 is 10.6 Å². The predicted molar refractivity (Wildman–Crippen MR) is 100 cm³/mol. The van der Waals surface area contributed by atoms with Gasteiger partial charge in [-0.25, -0.2) is 4.98 Å². The average molecular weight is 370 g/mol. The number of benzene rings is 1. The molecule has 3 aromatic rings. The predicted octanol–water partition coefficient (Wildman–Crippen LogP) is 2.43. The van der Waals surface area contributed by atoms with E-state index in [2.05, 4.69) is 25.8 Å². The first-order valence-electron chi connectivity index (χ1n) is 7.92. The van der Waals surface area contributed by atoms with Crippen LogP contribution >= 0.6 is 11.8 Å². The highest BCUT2D eigenvalue weighted by Crippen LogP contribution is 2.20. The smallest absolute Gasteiger partial charge is 0.256 e. The van der Waals surface area contributed by atoms with Gasteiger partial charge in [0.15, 0.2) is 5.16 Å². The lowest BCUT2D eigenvalue weighted by atomic mass is 10.2. The summed E-state index contributed by atoms with van der Waals surface area (Å²) in [6, 6.07) is 8.92. The number of nitrogens with zero attached hydrogens (tertiary/aromatic N) is 4. The maximum absolute atomic E-state index is 12.2. The molecule has 0 aliphatic carbocycles.